The molecule has 1 rings (SSSR count). The van der Waals surface area contributed by atoms with E-state index in [1.165, 1.54) is 5.57 Å². The lowest BCUT2D eigenvalue weighted by molar-refractivity contribution is -0.112. The smallest absolute Gasteiger partial charge is 0.152 e. The van der Waals surface area contributed by atoms with E-state index in [0.717, 1.165) is 6.42 Å². The van der Waals surface area contributed by atoms with Crippen molar-refractivity contribution in [3.05, 3.63) is 23.8 Å². The van der Waals surface area contributed by atoms with E-state index in [-0.39, 0.29) is 5.78 Å². The number of ketones is 1. The summed E-state index contributed by atoms with van der Waals surface area (Å²) in [4.78, 5) is 10.9. The van der Waals surface area contributed by atoms with Crippen molar-refractivity contribution in [3.8, 4) is 0 Å². The van der Waals surface area contributed by atoms with Crippen LogP contribution in [0.3, 0.4) is 0 Å². The molecular weight excluding hydrogens is 172 g/mol. The monoisotopic (exact) mass is 192 g/mol. The fourth-order valence-corrected chi connectivity index (χ4v) is 2.40. The Morgan fingerprint density at radius 2 is 2.14 bits per heavy atom. The predicted octanol–water partition coefficient (Wildman–Crippen LogP) is 3.37. The second-order valence-corrected chi connectivity index (χ2v) is 4.60. The van der Waals surface area contributed by atoms with Crippen molar-refractivity contribution in [1.82, 2.24) is 0 Å². The van der Waals surface area contributed by atoms with E-state index in [4.69, 9.17) is 0 Å². The third-order valence-electron chi connectivity index (χ3n) is 3.01. The van der Waals surface area contributed by atoms with Gasteiger partial charge >= 0.3 is 0 Å². The molecule has 0 N–H and O–H groups in total. The first-order valence-electron chi connectivity index (χ1n) is 5.36. The third kappa shape index (κ3) is 2.83. The summed E-state index contributed by atoms with van der Waals surface area (Å²) in [5.41, 5.74) is 1.48. The Morgan fingerprint density at radius 1 is 1.50 bits per heavy atom. The Morgan fingerprint density at radius 3 is 2.64 bits per heavy atom. The first-order valence-corrected chi connectivity index (χ1v) is 5.36. The van der Waals surface area contributed by atoms with E-state index in [0.29, 0.717) is 17.8 Å². The van der Waals surface area contributed by atoms with Gasteiger partial charge in [0.15, 0.2) is 5.78 Å². The van der Waals surface area contributed by atoms with Gasteiger partial charge in [-0.25, -0.2) is 0 Å². The molecule has 0 saturated heterocycles. The highest BCUT2D eigenvalue weighted by Crippen LogP contribution is 2.34. The average molecular weight is 192 g/mol. The lowest BCUT2D eigenvalue weighted by Crippen LogP contribution is -2.21. The Hall–Kier alpha value is -0.850. The quantitative estimate of drug-likeness (QED) is 0.484. The highest BCUT2D eigenvalue weighted by atomic mass is 16.1. The molecule has 0 heterocycles. The van der Waals surface area contributed by atoms with Crippen LogP contribution >= 0.6 is 0 Å². The molecule has 0 aromatic rings. The van der Waals surface area contributed by atoms with Gasteiger partial charge in [-0.15, -0.1) is 0 Å². The molecule has 3 unspecified atom stereocenters. The van der Waals surface area contributed by atoms with Gasteiger partial charge in [0.25, 0.3) is 0 Å². The number of allylic oxidation sites excluding steroid dienone is 4. The van der Waals surface area contributed by atoms with E-state index in [1.54, 1.807) is 13.0 Å². The SMILES string of the molecule is CC(=O)/C=C/C1C(C)C=C(C)CC1C. The highest BCUT2D eigenvalue weighted by Gasteiger charge is 2.24. The van der Waals surface area contributed by atoms with Crippen LogP contribution in [0.25, 0.3) is 0 Å². The van der Waals surface area contributed by atoms with Gasteiger partial charge in [-0.2, -0.15) is 0 Å². The zero-order chi connectivity index (χ0) is 10.7. The van der Waals surface area contributed by atoms with Crippen LogP contribution in [0.15, 0.2) is 23.8 Å². The maximum absolute atomic E-state index is 10.9. The fraction of sp³-hybridized carbons (Fsp3) is 0.615. The molecule has 1 heteroatoms. The molecule has 0 amide bonds. The zero-order valence-corrected chi connectivity index (χ0v) is 9.58. The number of rotatable bonds is 2. The minimum absolute atomic E-state index is 0.149. The van der Waals surface area contributed by atoms with Crippen molar-refractivity contribution in [3.63, 3.8) is 0 Å². The van der Waals surface area contributed by atoms with Gasteiger partial charge in [0.1, 0.15) is 0 Å². The fourth-order valence-electron chi connectivity index (χ4n) is 2.40. The van der Waals surface area contributed by atoms with Gasteiger partial charge < -0.3 is 0 Å². The van der Waals surface area contributed by atoms with E-state index >= 15 is 0 Å². The van der Waals surface area contributed by atoms with Crippen LogP contribution in [-0.4, -0.2) is 5.78 Å². The summed E-state index contributed by atoms with van der Waals surface area (Å²) in [5.74, 6) is 1.90. The normalized spacial score (nSPS) is 33.1. The molecule has 0 aliphatic heterocycles. The molecule has 0 fully saturated rings. The van der Waals surface area contributed by atoms with Crippen LogP contribution in [0.1, 0.15) is 34.1 Å². The largest absolute Gasteiger partial charge is 0.295 e. The van der Waals surface area contributed by atoms with E-state index in [1.807, 2.05) is 0 Å². The standard InChI is InChI=1S/C13H20O/c1-9-7-10(2)13(11(3)8-9)6-5-12(4)14/h5-7,10-11,13H,8H2,1-4H3/b6-5+. The summed E-state index contributed by atoms with van der Waals surface area (Å²) in [6.07, 6.45) is 7.29. The molecule has 0 aromatic carbocycles. The van der Waals surface area contributed by atoms with Gasteiger partial charge in [0.05, 0.1) is 0 Å². The van der Waals surface area contributed by atoms with Gasteiger partial charge in [0.2, 0.25) is 0 Å². The molecule has 78 valence electrons. The Bertz CT molecular complexity index is 273. The maximum Gasteiger partial charge on any atom is 0.152 e. The van der Waals surface area contributed by atoms with Crippen molar-refractivity contribution < 1.29 is 4.79 Å². The zero-order valence-electron chi connectivity index (χ0n) is 9.58. The molecule has 0 radical (unpaired) electrons. The predicted molar refractivity (Wildman–Crippen MR) is 60.0 cm³/mol. The summed E-state index contributed by atoms with van der Waals surface area (Å²) in [6.45, 7) is 8.30. The van der Waals surface area contributed by atoms with Crippen molar-refractivity contribution in [2.75, 3.05) is 0 Å². The molecule has 14 heavy (non-hydrogen) atoms. The summed E-state index contributed by atoms with van der Waals surface area (Å²) in [5, 5.41) is 0. The van der Waals surface area contributed by atoms with E-state index < -0.39 is 0 Å². The van der Waals surface area contributed by atoms with Crippen LogP contribution in [0.5, 0.6) is 0 Å². The van der Waals surface area contributed by atoms with Crippen LogP contribution in [-0.2, 0) is 4.79 Å². The molecule has 3 atom stereocenters. The lowest BCUT2D eigenvalue weighted by atomic mass is 9.75. The van der Waals surface area contributed by atoms with Crippen LogP contribution in [0.2, 0.25) is 0 Å². The van der Waals surface area contributed by atoms with Crippen LogP contribution in [0, 0.1) is 17.8 Å². The first-order chi connectivity index (χ1) is 6.50. The molecular formula is C13H20O. The average Bonchev–Trinajstić information content (AvgIpc) is 2.01. The van der Waals surface area contributed by atoms with Crippen LogP contribution in [0.4, 0.5) is 0 Å². The molecule has 0 saturated carbocycles. The summed E-state index contributed by atoms with van der Waals surface area (Å²) in [7, 11) is 0. The number of carbonyl (C=O) groups is 1. The van der Waals surface area contributed by atoms with Crippen molar-refractivity contribution in [1.29, 1.82) is 0 Å². The van der Waals surface area contributed by atoms with E-state index in [2.05, 4.69) is 32.9 Å². The second kappa shape index (κ2) is 4.59. The molecule has 0 bridgehead atoms. The summed E-state index contributed by atoms with van der Waals surface area (Å²) >= 11 is 0. The molecule has 1 aliphatic rings. The minimum atomic E-state index is 0.149. The van der Waals surface area contributed by atoms with Gasteiger partial charge in [-0.1, -0.05) is 31.6 Å². The summed E-state index contributed by atoms with van der Waals surface area (Å²) in [6, 6.07) is 0. The van der Waals surface area contributed by atoms with Crippen molar-refractivity contribution in [2.45, 2.75) is 34.1 Å². The highest BCUT2D eigenvalue weighted by molar-refractivity contribution is 5.87. The molecule has 1 aliphatic carbocycles. The van der Waals surface area contributed by atoms with Gasteiger partial charge in [-0.05, 0) is 44.1 Å². The molecule has 0 spiro atoms. The lowest BCUT2D eigenvalue weighted by Gasteiger charge is -2.30. The topological polar surface area (TPSA) is 17.1 Å². The van der Waals surface area contributed by atoms with Gasteiger partial charge in [0, 0.05) is 0 Å². The molecule has 0 aromatic heterocycles. The van der Waals surface area contributed by atoms with E-state index in [9.17, 15) is 4.79 Å². The third-order valence-corrected chi connectivity index (χ3v) is 3.01. The number of carbonyl (C=O) groups excluding carboxylic acids is 1. The van der Waals surface area contributed by atoms with Gasteiger partial charge in [-0.3, -0.25) is 4.79 Å². The Balaban J connectivity index is 2.74. The second-order valence-electron chi connectivity index (χ2n) is 4.60. The minimum Gasteiger partial charge on any atom is -0.295 e. The van der Waals surface area contributed by atoms with Crippen molar-refractivity contribution >= 4 is 5.78 Å². The summed E-state index contributed by atoms with van der Waals surface area (Å²) < 4.78 is 0. The maximum atomic E-state index is 10.9. The number of hydrogen-bond donors (Lipinski definition) is 0. The first kappa shape index (κ1) is 11.2. The molecule has 1 nitrogen and oxygen atoms in total. The Labute approximate surface area is 86.9 Å². The number of hydrogen-bond acceptors (Lipinski definition) is 1. The van der Waals surface area contributed by atoms with Crippen molar-refractivity contribution in [2.24, 2.45) is 17.8 Å². The Kier molecular flexibility index (Phi) is 3.68. The van der Waals surface area contributed by atoms with Crippen LogP contribution < -0.4 is 0 Å².